The fraction of sp³-hybridized carbons (Fsp3) is 0.476. The Labute approximate surface area is 174 Å². The van der Waals surface area contributed by atoms with Gasteiger partial charge in [-0.1, -0.05) is 30.3 Å². The highest BCUT2D eigenvalue weighted by molar-refractivity contribution is 7.13. The van der Waals surface area contributed by atoms with Gasteiger partial charge in [-0.3, -0.25) is 19.8 Å². The number of likely N-dealkylation sites (tertiary alicyclic amines) is 1. The molecule has 0 bridgehead atoms. The third-order valence-corrected chi connectivity index (χ3v) is 6.11. The Bertz CT molecular complexity index is 835. The zero-order valence-electron chi connectivity index (χ0n) is 16.4. The molecular formula is C21H26N4O3S. The van der Waals surface area contributed by atoms with Gasteiger partial charge in [-0.25, -0.2) is 4.98 Å². The van der Waals surface area contributed by atoms with E-state index < -0.39 is 6.04 Å². The number of morpholine rings is 1. The lowest BCUT2D eigenvalue weighted by Crippen LogP contribution is -2.43. The van der Waals surface area contributed by atoms with E-state index in [0.29, 0.717) is 18.1 Å². The van der Waals surface area contributed by atoms with Gasteiger partial charge in [0.1, 0.15) is 6.04 Å². The summed E-state index contributed by atoms with van der Waals surface area (Å²) in [5.74, 6) is -0.175. The number of nitrogens with zero attached hydrogens (tertiary/aromatic N) is 3. The molecule has 154 valence electrons. The number of carbonyl (C=O) groups excluding carboxylic acids is 2. The quantitative estimate of drug-likeness (QED) is 0.787. The summed E-state index contributed by atoms with van der Waals surface area (Å²) < 4.78 is 5.38. The average molecular weight is 415 g/mol. The van der Waals surface area contributed by atoms with E-state index in [2.05, 4.69) is 15.2 Å². The van der Waals surface area contributed by atoms with Gasteiger partial charge < -0.3 is 9.64 Å². The molecule has 1 aromatic carbocycles. The molecule has 0 aliphatic carbocycles. The smallest absolute Gasteiger partial charge is 0.253 e. The van der Waals surface area contributed by atoms with Crippen LogP contribution in [-0.4, -0.2) is 59.4 Å². The maximum absolute atomic E-state index is 13.2. The van der Waals surface area contributed by atoms with Gasteiger partial charge in [0.2, 0.25) is 5.91 Å². The van der Waals surface area contributed by atoms with Gasteiger partial charge in [-0.05, 0) is 18.4 Å². The molecule has 2 aliphatic heterocycles. The number of carbonyl (C=O) groups is 2. The van der Waals surface area contributed by atoms with E-state index in [1.807, 2.05) is 35.7 Å². The van der Waals surface area contributed by atoms with E-state index in [1.54, 1.807) is 4.90 Å². The largest absolute Gasteiger partial charge is 0.379 e. The lowest BCUT2D eigenvalue weighted by molar-refractivity contribution is -0.141. The molecule has 2 saturated heterocycles. The molecule has 4 rings (SSSR count). The summed E-state index contributed by atoms with van der Waals surface area (Å²) >= 11 is 1.42. The second-order valence-corrected chi connectivity index (χ2v) is 8.24. The van der Waals surface area contributed by atoms with Crippen molar-refractivity contribution in [3.63, 3.8) is 0 Å². The van der Waals surface area contributed by atoms with Crippen molar-refractivity contribution >= 4 is 28.3 Å². The van der Waals surface area contributed by atoms with Gasteiger partial charge in [0.05, 0.1) is 18.9 Å². The number of piperidine rings is 1. The van der Waals surface area contributed by atoms with Gasteiger partial charge in [0.15, 0.2) is 5.13 Å². The number of nitrogens with one attached hydrogen (secondary N) is 1. The highest BCUT2D eigenvalue weighted by Crippen LogP contribution is 2.28. The minimum absolute atomic E-state index is 0.0346. The normalized spacial score (nSPS) is 19.2. The van der Waals surface area contributed by atoms with Gasteiger partial charge in [0.25, 0.3) is 5.91 Å². The highest BCUT2D eigenvalue weighted by Gasteiger charge is 2.33. The minimum atomic E-state index is -0.629. The van der Waals surface area contributed by atoms with Crippen LogP contribution in [-0.2, 0) is 20.9 Å². The van der Waals surface area contributed by atoms with Gasteiger partial charge in [0, 0.05) is 38.0 Å². The monoisotopic (exact) mass is 414 g/mol. The van der Waals surface area contributed by atoms with E-state index in [4.69, 9.17) is 4.74 Å². The lowest BCUT2D eigenvalue weighted by atomic mass is 10.0. The van der Waals surface area contributed by atoms with Crippen molar-refractivity contribution in [3.8, 4) is 0 Å². The Hall–Kier alpha value is -2.29. The number of benzene rings is 1. The number of anilines is 1. The fourth-order valence-corrected chi connectivity index (χ4v) is 4.51. The molecule has 3 heterocycles. The van der Waals surface area contributed by atoms with Crippen LogP contribution in [0.2, 0.25) is 0 Å². The molecule has 0 saturated carbocycles. The first-order chi connectivity index (χ1) is 14.2. The van der Waals surface area contributed by atoms with Crippen LogP contribution in [0.5, 0.6) is 0 Å². The SMILES string of the molecule is O=C(Nc1nc(CN2CCOCC2)cs1)C(c1ccccc1)N1CCCCC1=O. The highest BCUT2D eigenvalue weighted by atomic mass is 32.1. The zero-order valence-corrected chi connectivity index (χ0v) is 17.2. The first-order valence-electron chi connectivity index (χ1n) is 10.1. The fourth-order valence-electron chi connectivity index (χ4n) is 3.81. The van der Waals surface area contributed by atoms with Crippen LogP contribution in [0.1, 0.15) is 36.6 Å². The van der Waals surface area contributed by atoms with Crippen LogP contribution in [0.4, 0.5) is 5.13 Å². The maximum atomic E-state index is 13.2. The van der Waals surface area contributed by atoms with E-state index in [9.17, 15) is 9.59 Å². The van der Waals surface area contributed by atoms with Crippen molar-refractivity contribution in [3.05, 3.63) is 47.0 Å². The number of rotatable bonds is 6. The summed E-state index contributed by atoms with van der Waals surface area (Å²) in [5.41, 5.74) is 1.77. The first kappa shape index (κ1) is 20.0. The molecule has 1 aromatic heterocycles. The van der Waals surface area contributed by atoms with Crippen LogP contribution in [0, 0.1) is 0 Å². The van der Waals surface area contributed by atoms with Crippen molar-refractivity contribution in [2.45, 2.75) is 31.8 Å². The molecule has 7 nitrogen and oxygen atoms in total. The number of hydrogen-bond donors (Lipinski definition) is 1. The Morgan fingerprint density at radius 3 is 2.72 bits per heavy atom. The van der Waals surface area contributed by atoms with Crippen LogP contribution in [0.25, 0.3) is 0 Å². The summed E-state index contributed by atoms with van der Waals surface area (Å²) in [7, 11) is 0. The number of amides is 2. The van der Waals surface area contributed by atoms with Crippen LogP contribution in [0.15, 0.2) is 35.7 Å². The van der Waals surface area contributed by atoms with Crippen molar-refractivity contribution in [2.24, 2.45) is 0 Å². The topological polar surface area (TPSA) is 74.8 Å². The minimum Gasteiger partial charge on any atom is -0.379 e. The number of ether oxygens (including phenoxy) is 1. The molecule has 0 spiro atoms. The first-order valence-corrected chi connectivity index (χ1v) is 11.0. The molecule has 1 N–H and O–H groups in total. The van der Waals surface area contributed by atoms with Gasteiger partial charge >= 0.3 is 0 Å². The van der Waals surface area contributed by atoms with Crippen LogP contribution in [0.3, 0.4) is 0 Å². The molecule has 2 aliphatic rings. The van der Waals surface area contributed by atoms with Crippen molar-refractivity contribution in [1.82, 2.24) is 14.8 Å². The summed E-state index contributed by atoms with van der Waals surface area (Å²) in [6.45, 7) is 4.64. The van der Waals surface area contributed by atoms with Crippen LogP contribution < -0.4 is 5.32 Å². The third-order valence-electron chi connectivity index (χ3n) is 5.31. The number of thiazole rings is 1. The van der Waals surface area contributed by atoms with E-state index >= 15 is 0 Å². The molecule has 1 unspecified atom stereocenters. The number of aromatic nitrogens is 1. The van der Waals surface area contributed by atoms with Crippen LogP contribution >= 0.6 is 11.3 Å². The maximum Gasteiger partial charge on any atom is 0.253 e. The summed E-state index contributed by atoms with van der Waals surface area (Å²) in [5, 5.41) is 5.50. The molecule has 2 aromatic rings. The Kier molecular flexibility index (Phi) is 6.53. The molecule has 29 heavy (non-hydrogen) atoms. The average Bonchev–Trinajstić information content (AvgIpc) is 3.18. The van der Waals surface area contributed by atoms with Gasteiger partial charge in [-0.15, -0.1) is 11.3 Å². The van der Waals surface area contributed by atoms with E-state index in [-0.39, 0.29) is 11.8 Å². The van der Waals surface area contributed by atoms with Crippen molar-refractivity contribution in [2.75, 3.05) is 38.2 Å². The zero-order chi connectivity index (χ0) is 20.1. The van der Waals surface area contributed by atoms with E-state index in [0.717, 1.165) is 56.9 Å². The van der Waals surface area contributed by atoms with Crippen molar-refractivity contribution in [1.29, 1.82) is 0 Å². The molecule has 8 heteroatoms. The molecular weight excluding hydrogens is 388 g/mol. The predicted molar refractivity (Wildman–Crippen MR) is 112 cm³/mol. The second-order valence-electron chi connectivity index (χ2n) is 7.38. The third kappa shape index (κ3) is 5.01. The Morgan fingerprint density at radius 2 is 1.97 bits per heavy atom. The molecule has 2 fully saturated rings. The summed E-state index contributed by atoms with van der Waals surface area (Å²) in [4.78, 5) is 34.3. The lowest BCUT2D eigenvalue weighted by Gasteiger charge is -2.33. The summed E-state index contributed by atoms with van der Waals surface area (Å²) in [6.07, 6.45) is 2.30. The number of hydrogen-bond acceptors (Lipinski definition) is 6. The van der Waals surface area contributed by atoms with Crippen molar-refractivity contribution < 1.29 is 14.3 Å². The molecule has 2 amide bonds. The standard InChI is InChI=1S/C21H26N4O3S/c26-18-8-4-5-9-25(18)19(16-6-2-1-3-7-16)20(27)23-21-22-17(15-29-21)14-24-10-12-28-13-11-24/h1-3,6-7,15,19H,4-5,8-14H2,(H,22,23,27). The predicted octanol–water partition coefficient (Wildman–Crippen LogP) is 2.67. The Morgan fingerprint density at radius 1 is 1.17 bits per heavy atom. The van der Waals surface area contributed by atoms with Gasteiger partial charge in [-0.2, -0.15) is 0 Å². The summed E-state index contributed by atoms with van der Waals surface area (Å²) in [6, 6.07) is 8.88. The van der Waals surface area contributed by atoms with E-state index in [1.165, 1.54) is 11.3 Å². The molecule has 0 radical (unpaired) electrons. The molecule has 1 atom stereocenters. The second kappa shape index (κ2) is 9.47. The Balaban J connectivity index is 1.47.